The molecule has 0 saturated carbocycles. The molecule has 1 aromatic rings. The summed E-state index contributed by atoms with van der Waals surface area (Å²) in [6.07, 6.45) is 1.35. The van der Waals surface area contributed by atoms with Crippen LogP contribution in [0, 0.1) is 0 Å². The summed E-state index contributed by atoms with van der Waals surface area (Å²) in [5.74, 6) is 0. The molecule has 0 bridgehead atoms. The van der Waals surface area contributed by atoms with E-state index in [2.05, 4.69) is 9.68 Å². The van der Waals surface area contributed by atoms with Gasteiger partial charge in [-0.2, -0.15) is 0 Å². The van der Waals surface area contributed by atoms with Crippen LogP contribution in [0.15, 0.2) is 10.8 Å². The second-order valence-corrected chi connectivity index (χ2v) is 1.72. The van der Waals surface area contributed by atoms with Crippen molar-refractivity contribution < 1.29 is 4.52 Å². The monoisotopic (exact) mass is 132 g/mol. The Kier molecular flexibility index (Phi) is 1.50. The van der Waals surface area contributed by atoms with Crippen LogP contribution in [0.5, 0.6) is 0 Å². The summed E-state index contributed by atoms with van der Waals surface area (Å²) < 4.78 is 4.47. The third kappa shape index (κ3) is 0.827. The average Bonchev–Trinajstić information content (AvgIpc) is 2.14. The van der Waals surface area contributed by atoms with Gasteiger partial charge in [0.2, 0.25) is 0 Å². The maximum absolute atomic E-state index is 5.50. The molecule has 0 aliphatic rings. The normalized spacial score (nSPS) is 9.75. The summed E-state index contributed by atoms with van der Waals surface area (Å²) in [6.45, 7) is 0.329. The Hall–Kier alpha value is -0.540. The first-order valence-electron chi connectivity index (χ1n) is 2.13. The molecule has 0 amide bonds. The van der Waals surface area contributed by atoms with Crippen LogP contribution >= 0.6 is 11.6 Å². The van der Waals surface area contributed by atoms with Crippen molar-refractivity contribution in [2.24, 2.45) is 5.73 Å². The third-order valence-electron chi connectivity index (χ3n) is 0.788. The van der Waals surface area contributed by atoms with Crippen LogP contribution in [0.25, 0.3) is 0 Å². The Morgan fingerprint density at radius 1 is 1.88 bits per heavy atom. The molecule has 0 spiro atoms. The molecule has 0 atom stereocenters. The molecule has 4 heteroatoms. The number of nitrogens with two attached hydrogens (primary N) is 1. The molecule has 0 saturated heterocycles. The van der Waals surface area contributed by atoms with E-state index in [4.69, 9.17) is 17.3 Å². The highest BCUT2D eigenvalue weighted by molar-refractivity contribution is 6.31. The Labute approximate surface area is 51.4 Å². The lowest BCUT2D eigenvalue weighted by Gasteiger charge is -1.81. The van der Waals surface area contributed by atoms with Crippen molar-refractivity contribution >= 4 is 11.6 Å². The topological polar surface area (TPSA) is 52.0 Å². The summed E-state index contributed by atoms with van der Waals surface area (Å²) in [4.78, 5) is 0. The molecule has 2 N–H and O–H groups in total. The van der Waals surface area contributed by atoms with E-state index < -0.39 is 0 Å². The van der Waals surface area contributed by atoms with Gasteiger partial charge in [0.05, 0.1) is 0 Å². The van der Waals surface area contributed by atoms with Crippen molar-refractivity contribution in [1.82, 2.24) is 5.16 Å². The van der Waals surface area contributed by atoms with Crippen molar-refractivity contribution in [3.05, 3.63) is 17.0 Å². The number of halogens is 1. The Balaban J connectivity index is 2.92. The van der Waals surface area contributed by atoms with Crippen LogP contribution < -0.4 is 5.73 Å². The van der Waals surface area contributed by atoms with Gasteiger partial charge in [-0.3, -0.25) is 0 Å². The first kappa shape index (κ1) is 5.59. The lowest BCUT2D eigenvalue weighted by atomic mass is 10.4. The van der Waals surface area contributed by atoms with Crippen molar-refractivity contribution in [3.63, 3.8) is 0 Å². The molecule has 1 aromatic heterocycles. The summed E-state index contributed by atoms with van der Waals surface area (Å²) in [6, 6.07) is 0. The van der Waals surface area contributed by atoms with Gasteiger partial charge in [-0.05, 0) is 0 Å². The van der Waals surface area contributed by atoms with Gasteiger partial charge in [0.25, 0.3) is 0 Å². The summed E-state index contributed by atoms with van der Waals surface area (Å²) in [5, 5.41) is 4.00. The number of hydrogen-bond acceptors (Lipinski definition) is 3. The van der Waals surface area contributed by atoms with Crippen molar-refractivity contribution in [2.75, 3.05) is 0 Å². The zero-order chi connectivity index (χ0) is 5.98. The van der Waals surface area contributed by atoms with Gasteiger partial charge in [0.15, 0.2) is 0 Å². The predicted octanol–water partition coefficient (Wildman–Crippen LogP) is 0.787. The standard InChI is InChI=1S/C4H5ClN2O/c5-3-2-8-7-4(3)1-6/h2H,1,6H2. The zero-order valence-corrected chi connectivity index (χ0v) is 4.85. The van der Waals surface area contributed by atoms with Crippen LogP contribution in [0.4, 0.5) is 0 Å². The molecule has 8 heavy (non-hydrogen) atoms. The minimum Gasteiger partial charge on any atom is -0.363 e. The van der Waals surface area contributed by atoms with Gasteiger partial charge in [-0.1, -0.05) is 16.8 Å². The van der Waals surface area contributed by atoms with E-state index in [9.17, 15) is 0 Å². The van der Waals surface area contributed by atoms with E-state index >= 15 is 0 Å². The summed E-state index contributed by atoms with van der Waals surface area (Å²) in [7, 11) is 0. The van der Waals surface area contributed by atoms with Crippen LogP contribution in [-0.4, -0.2) is 5.16 Å². The largest absolute Gasteiger partial charge is 0.363 e. The quantitative estimate of drug-likeness (QED) is 0.615. The number of aromatic nitrogens is 1. The fraction of sp³-hybridized carbons (Fsp3) is 0.250. The first-order chi connectivity index (χ1) is 3.84. The van der Waals surface area contributed by atoms with Gasteiger partial charge in [-0.15, -0.1) is 0 Å². The molecule has 3 nitrogen and oxygen atoms in total. The number of rotatable bonds is 1. The molecule has 0 aliphatic carbocycles. The van der Waals surface area contributed by atoms with E-state index in [-0.39, 0.29) is 0 Å². The van der Waals surface area contributed by atoms with E-state index in [1.54, 1.807) is 0 Å². The van der Waals surface area contributed by atoms with Gasteiger partial charge >= 0.3 is 0 Å². The molecular weight excluding hydrogens is 128 g/mol. The van der Waals surface area contributed by atoms with Crippen molar-refractivity contribution in [3.8, 4) is 0 Å². The van der Waals surface area contributed by atoms with Gasteiger partial charge in [0, 0.05) is 6.54 Å². The lowest BCUT2D eigenvalue weighted by molar-refractivity contribution is 0.412. The lowest BCUT2D eigenvalue weighted by Crippen LogP contribution is -1.95. The SMILES string of the molecule is NCc1nocc1Cl. The minimum atomic E-state index is 0.329. The van der Waals surface area contributed by atoms with Gasteiger partial charge < -0.3 is 10.3 Å². The first-order valence-corrected chi connectivity index (χ1v) is 2.51. The van der Waals surface area contributed by atoms with E-state index in [1.165, 1.54) is 6.26 Å². The maximum atomic E-state index is 5.50. The molecule has 0 aliphatic heterocycles. The summed E-state index contributed by atoms with van der Waals surface area (Å²) >= 11 is 5.50. The Morgan fingerprint density at radius 3 is 2.88 bits per heavy atom. The predicted molar refractivity (Wildman–Crippen MR) is 29.4 cm³/mol. The van der Waals surface area contributed by atoms with E-state index in [1.807, 2.05) is 0 Å². The van der Waals surface area contributed by atoms with Crippen molar-refractivity contribution in [1.29, 1.82) is 0 Å². The highest BCUT2D eigenvalue weighted by atomic mass is 35.5. The molecule has 0 fully saturated rings. The highest BCUT2D eigenvalue weighted by Gasteiger charge is 1.99. The molecule has 0 aromatic carbocycles. The molecule has 0 radical (unpaired) electrons. The fourth-order valence-corrected chi connectivity index (χ4v) is 0.534. The molecular formula is C4H5ClN2O. The van der Waals surface area contributed by atoms with E-state index in [0.717, 1.165) is 0 Å². The Morgan fingerprint density at radius 2 is 2.62 bits per heavy atom. The van der Waals surface area contributed by atoms with Gasteiger partial charge in [0.1, 0.15) is 17.0 Å². The smallest absolute Gasteiger partial charge is 0.142 e. The van der Waals surface area contributed by atoms with Crippen LogP contribution in [0.1, 0.15) is 5.69 Å². The van der Waals surface area contributed by atoms with Gasteiger partial charge in [-0.25, -0.2) is 0 Å². The highest BCUT2D eigenvalue weighted by Crippen LogP contribution is 2.11. The second-order valence-electron chi connectivity index (χ2n) is 1.31. The molecule has 1 rings (SSSR count). The third-order valence-corrected chi connectivity index (χ3v) is 1.10. The average molecular weight is 133 g/mol. The minimum absolute atomic E-state index is 0.329. The Bertz CT molecular complexity index is 174. The maximum Gasteiger partial charge on any atom is 0.142 e. The van der Waals surface area contributed by atoms with E-state index in [0.29, 0.717) is 17.3 Å². The fourth-order valence-electron chi connectivity index (χ4n) is 0.383. The van der Waals surface area contributed by atoms with Crippen molar-refractivity contribution in [2.45, 2.75) is 6.54 Å². The summed E-state index contributed by atoms with van der Waals surface area (Å²) in [5.41, 5.74) is 5.79. The molecule has 0 unspecified atom stereocenters. The number of hydrogen-bond donors (Lipinski definition) is 1. The molecule has 44 valence electrons. The second kappa shape index (κ2) is 2.15. The molecule has 1 heterocycles. The number of nitrogens with zero attached hydrogens (tertiary/aromatic N) is 1. The zero-order valence-electron chi connectivity index (χ0n) is 4.10. The van der Waals surface area contributed by atoms with Crippen LogP contribution in [0.3, 0.4) is 0 Å². The van der Waals surface area contributed by atoms with Crippen LogP contribution in [0.2, 0.25) is 5.02 Å². The van der Waals surface area contributed by atoms with Crippen LogP contribution in [-0.2, 0) is 6.54 Å².